The SMILES string of the molecule is CCc1cc(CCC(CO)(CO)CO)ccc1-c1ccc(C)cc1. The van der Waals surface area contributed by atoms with Crippen LogP contribution in [0, 0.1) is 12.3 Å². The summed E-state index contributed by atoms with van der Waals surface area (Å²) in [4.78, 5) is 0. The molecule has 0 amide bonds. The van der Waals surface area contributed by atoms with Gasteiger partial charge in [0.2, 0.25) is 0 Å². The fraction of sp³-hybridized carbons (Fsp3) is 0.429. The van der Waals surface area contributed by atoms with E-state index in [0.717, 1.165) is 12.8 Å². The molecular weight excluding hydrogens is 300 g/mol. The summed E-state index contributed by atoms with van der Waals surface area (Å²) in [5, 5.41) is 28.4. The molecule has 0 unspecified atom stereocenters. The highest BCUT2D eigenvalue weighted by atomic mass is 16.3. The van der Waals surface area contributed by atoms with Crippen LogP contribution in [0.15, 0.2) is 42.5 Å². The van der Waals surface area contributed by atoms with Crippen LogP contribution in [0.3, 0.4) is 0 Å². The van der Waals surface area contributed by atoms with Gasteiger partial charge in [-0.1, -0.05) is 55.0 Å². The van der Waals surface area contributed by atoms with Crippen LogP contribution < -0.4 is 0 Å². The predicted molar refractivity (Wildman–Crippen MR) is 98.0 cm³/mol. The van der Waals surface area contributed by atoms with Gasteiger partial charge >= 0.3 is 0 Å². The topological polar surface area (TPSA) is 60.7 Å². The van der Waals surface area contributed by atoms with Gasteiger partial charge in [0.1, 0.15) is 0 Å². The number of aryl methyl sites for hydroxylation is 3. The van der Waals surface area contributed by atoms with E-state index >= 15 is 0 Å². The van der Waals surface area contributed by atoms with Gasteiger partial charge in [-0.15, -0.1) is 0 Å². The molecule has 3 heteroatoms. The van der Waals surface area contributed by atoms with Gasteiger partial charge in [0.05, 0.1) is 19.8 Å². The van der Waals surface area contributed by atoms with Crippen molar-refractivity contribution >= 4 is 0 Å². The second-order valence-electron chi connectivity index (χ2n) is 6.69. The molecule has 130 valence electrons. The highest BCUT2D eigenvalue weighted by molar-refractivity contribution is 5.68. The molecule has 24 heavy (non-hydrogen) atoms. The van der Waals surface area contributed by atoms with E-state index in [4.69, 9.17) is 0 Å². The lowest BCUT2D eigenvalue weighted by molar-refractivity contribution is -0.000267. The van der Waals surface area contributed by atoms with Gasteiger partial charge in [-0.25, -0.2) is 0 Å². The Labute approximate surface area is 144 Å². The quantitative estimate of drug-likeness (QED) is 0.698. The molecule has 0 fully saturated rings. The Morgan fingerprint density at radius 3 is 2.04 bits per heavy atom. The molecule has 0 atom stereocenters. The van der Waals surface area contributed by atoms with Gasteiger partial charge in [0.15, 0.2) is 0 Å². The van der Waals surface area contributed by atoms with Crippen molar-refractivity contribution in [2.45, 2.75) is 33.1 Å². The molecule has 0 aromatic heterocycles. The largest absolute Gasteiger partial charge is 0.396 e. The molecule has 0 radical (unpaired) electrons. The first-order valence-corrected chi connectivity index (χ1v) is 8.59. The Bertz CT molecular complexity index is 634. The van der Waals surface area contributed by atoms with E-state index in [1.165, 1.54) is 27.8 Å². The second kappa shape index (κ2) is 8.43. The maximum atomic E-state index is 9.45. The molecule has 3 nitrogen and oxygen atoms in total. The van der Waals surface area contributed by atoms with Gasteiger partial charge in [0.25, 0.3) is 0 Å². The number of aliphatic hydroxyl groups excluding tert-OH is 3. The summed E-state index contributed by atoms with van der Waals surface area (Å²) in [7, 11) is 0. The zero-order chi connectivity index (χ0) is 17.6. The van der Waals surface area contributed by atoms with Crippen molar-refractivity contribution in [3.63, 3.8) is 0 Å². The standard InChI is InChI=1S/C21H28O3/c1-3-18-12-17(10-11-21(13-22,14-23)15-24)6-9-20(18)19-7-4-16(2)5-8-19/h4-9,12,22-24H,3,10-11,13-15H2,1-2H3. The molecule has 0 spiro atoms. The first-order valence-electron chi connectivity index (χ1n) is 8.59. The molecule has 0 heterocycles. The van der Waals surface area contributed by atoms with Crippen molar-refractivity contribution in [2.24, 2.45) is 5.41 Å². The lowest BCUT2D eigenvalue weighted by Gasteiger charge is -2.27. The minimum Gasteiger partial charge on any atom is -0.396 e. The van der Waals surface area contributed by atoms with Gasteiger partial charge in [-0.3, -0.25) is 0 Å². The highest BCUT2D eigenvalue weighted by Gasteiger charge is 2.27. The van der Waals surface area contributed by atoms with E-state index in [1.807, 2.05) is 0 Å². The Morgan fingerprint density at radius 1 is 0.875 bits per heavy atom. The number of hydrogen-bond donors (Lipinski definition) is 3. The predicted octanol–water partition coefficient (Wildman–Crippen LogP) is 3.12. The first kappa shape index (κ1) is 18.7. The molecule has 0 aliphatic heterocycles. The molecular formula is C21H28O3. The van der Waals surface area contributed by atoms with Crippen LogP contribution in [0.25, 0.3) is 11.1 Å². The van der Waals surface area contributed by atoms with Crippen LogP contribution in [-0.4, -0.2) is 35.1 Å². The number of rotatable bonds is 8. The van der Waals surface area contributed by atoms with Crippen LogP contribution in [-0.2, 0) is 12.8 Å². The van der Waals surface area contributed by atoms with E-state index in [9.17, 15) is 15.3 Å². The van der Waals surface area contributed by atoms with Crippen LogP contribution >= 0.6 is 0 Å². The van der Waals surface area contributed by atoms with Crippen molar-refractivity contribution in [3.8, 4) is 11.1 Å². The summed E-state index contributed by atoms with van der Waals surface area (Å²) < 4.78 is 0. The molecule has 0 aliphatic carbocycles. The molecule has 2 rings (SSSR count). The highest BCUT2D eigenvalue weighted by Crippen LogP contribution is 2.28. The van der Waals surface area contributed by atoms with E-state index in [0.29, 0.717) is 6.42 Å². The molecule has 0 saturated carbocycles. The fourth-order valence-corrected chi connectivity index (χ4v) is 2.91. The third-order valence-electron chi connectivity index (χ3n) is 4.86. The minimum absolute atomic E-state index is 0.206. The van der Waals surface area contributed by atoms with E-state index in [-0.39, 0.29) is 19.8 Å². The van der Waals surface area contributed by atoms with E-state index in [1.54, 1.807) is 0 Å². The minimum atomic E-state index is -0.804. The number of aliphatic hydroxyl groups is 3. The van der Waals surface area contributed by atoms with Crippen LogP contribution in [0.4, 0.5) is 0 Å². The molecule has 0 saturated heterocycles. The van der Waals surface area contributed by atoms with Crippen molar-refractivity contribution in [1.29, 1.82) is 0 Å². The average molecular weight is 328 g/mol. The summed E-state index contributed by atoms with van der Waals surface area (Å²) >= 11 is 0. The Morgan fingerprint density at radius 2 is 1.50 bits per heavy atom. The normalized spacial score (nSPS) is 11.7. The van der Waals surface area contributed by atoms with Crippen molar-refractivity contribution in [3.05, 3.63) is 59.2 Å². The third kappa shape index (κ3) is 4.23. The maximum Gasteiger partial charge on any atom is 0.0531 e. The fourth-order valence-electron chi connectivity index (χ4n) is 2.91. The van der Waals surface area contributed by atoms with E-state index in [2.05, 4.69) is 56.3 Å². The molecule has 2 aromatic rings. The van der Waals surface area contributed by atoms with Crippen LogP contribution in [0.1, 0.15) is 30.0 Å². The van der Waals surface area contributed by atoms with Crippen LogP contribution in [0.2, 0.25) is 0 Å². The smallest absolute Gasteiger partial charge is 0.0531 e. The zero-order valence-electron chi connectivity index (χ0n) is 14.6. The molecule has 2 aromatic carbocycles. The summed E-state index contributed by atoms with van der Waals surface area (Å²) in [5.41, 5.74) is 5.38. The number of benzene rings is 2. The Balaban J connectivity index is 2.21. The zero-order valence-corrected chi connectivity index (χ0v) is 14.6. The maximum absolute atomic E-state index is 9.45. The monoisotopic (exact) mass is 328 g/mol. The lowest BCUT2D eigenvalue weighted by Crippen LogP contribution is -2.34. The number of hydrogen-bond acceptors (Lipinski definition) is 3. The summed E-state index contributed by atoms with van der Waals surface area (Å²) in [6.45, 7) is 3.62. The van der Waals surface area contributed by atoms with Gasteiger partial charge in [0, 0.05) is 5.41 Å². The first-order chi connectivity index (χ1) is 11.6. The summed E-state index contributed by atoms with van der Waals surface area (Å²) in [5.74, 6) is 0. The molecule has 0 aliphatic rings. The van der Waals surface area contributed by atoms with Crippen molar-refractivity contribution in [2.75, 3.05) is 19.8 Å². The second-order valence-corrected chi connectivity index (χ2v) is 6.69. The summed E-state index contributed by atoms with van der Waals surface area (Å²) in [6.07, 6.45) is 2.23. The van der Waals surface area contributed by atoms with Crippen molar-refractivity contribution in [1.82, 2.24) is 0 Å². The Hall–Kier alpha value is -1.68. The third-order valence-corrected chi connectivity index (χ3v) is 4.86. The molecule has 3 N–H and O–H groups in total. The summed E-state index contributed by atoms with van der Waals surface area (Å²) in [6, 6.07) is 15.0. The van der Waals surface area contributed by atoms with Gasteiger partial charge in [-0.2, -0.15) is 0 Å². The van der Waals surface area contributed by atoms with Gasteiger partial charge < -0.3 is 15.3 Å². The lowest BCUT2D eigenvalue weighted by atomic mass is 9.84. The van der Waals surface area contributed by atoms with Crippen molar-refractivity contribution < 1.29 is 15.3 Å². The average Bonchev–Trinajstić information content (AvgIpc) is 2.64. The van der Waals surface area contributed by atoms with E-state index < -0.39 is 5.41 Å². The molecule has 0 bridgehead atoms. The van der Waals surface area contributed by atoms with Crippen LogP contribution in [0.5, 0.6) is 0 Å². The Kier molecular flexibility index (Phi) is 6.55. The van der Waals surface area contributed by atoms with Gasteiger partial charge in [-0.05, 0) is 48.4 Å².